The molecule has 4 aromatic carbocycles. The Balaban J connectivity index is 1.11. The Morgan fingerprint density at radius 2 is 1.59 bits per heavy atom. The number of aromatic nitrogens is 2. The number of benzene rings is 4. The number of fused-ring (bicyclic) bond motifs is 6. The SMILES string of the molecule is Cc1c(-c2cc(N3C(=O)C4CC5C(=CCC6C(=O)N(c7cc([N+](=O)[O-])c(N(C)C)c([N+](=O)[O-])c7)C(=O)C65)C(c5c(O)ccc6ccccc56)C4(C)C3=O)n(C)n2)sc2ccc(Cl)cc12. The zero-order valence-electron chi connectivity index (χ0n) is 34.9. The number of aryl methyl sites for hydroxylation is 2. The van der Waals surface area contributed by atoms with Gasteiger partial charge in [-0.05, 0) is 78.6 Å². The summed E-state index contributed by atoms with van der Waals surface area (Å²) in [6.07, 6.45) is 1.82. The molecular formula is C46H38ClN7O9S. The van der Waals surface area contributed by atoms with Crippen LogP contribution < -0.4 is 14.7 Å². The van der Waals surface area contributed by atoms with Crippen LogP contribution in [0.5, 0.6) is 5.75 Å². The molecule has 4 aliphatic rings. The Hall–Kier alpha value is -6.98. The van der Waals surface area contributed by atoms with Gasteiger partial charge in [-0.25, -0.2) is 9.80 Å². The van der Waals surface area contributed by atoms with Crippen LogP contribution in [0.2, 0.25) is 5.02 Å². The Kier molecular flexibility index (Phi) is 9.15. The molecule has 3 fully saturated rings. The number of nitro groups is 2. The molecule has 64 heavy (non-hydrogen) atoms. The van der Waals surface area contributed by atoms with Crippen molar-refractivity contribution in [3.05, 3.63) is 121 Å². The molecule has 1 N–H and O–H groups in total. The van der Waals surface area contributed by atoms with Crippen LogP contribution in [0.3, 0.4) is 0 Å². The van der Waals surface area contributed by atoms with Gasteiger partial charge < -0.3 is 10.0 Å². The second-order valence-corrected chi connectivity index (χ2v) is 18.8. The third-order valence-corrected chi connectivity index (χ3v) is 15.4. The molecule has 324 valence electrons. The lowest BCUT2D eigenvalue weighted by atomic mass is 9.51. The summed E-state index contributed by atoms with van der Waals surface area (Å²) in [6.45, 7) is 3.69. The number of phenolic OH excluding ortho intramolecular Hbond substituents is 1. The van der Waals surface area contributed by atoms with Crippen LogP contribution in [-0.2, 0) is 26.2 Å². The van der Waals surface area contributed by atoms with Crippen molar-refractivity contribution in [1.82, 2.24) is 9.78 Å². The van der Waals surface area contributed by atoms with E-state index in [2.05, 4.69) is 0 Å². The van der Waals surface area contributed by atoms with Gasteiger partial charge in [0.15, 0.2) is 5.69 Å². The number of allylic oxidation sites excluding steroid dienone is 2. The largest absolute Gasteiger partial charge is 0.508 e. The lowest BCUT2D eigenvalue weighted by Gasteiger charge is -2.49. The fourth-order valence-corrected chi connectivity index (χ4v) is 12.4. The highest BCUT2D eigenvalue weighted by Gasteiger charge is 2.68. The predicted octanol–water partition coefficient (Wildman–Crippen LogP) is 8.44. The topological polar surface area (TPSA) is 202 Å². The van der Waals surface area contributed by atoms with Crippen LogP contribution in [0, 0.1) is 56.2 Å². The smallest absolute Gasteiger partial charge is 0.301 e. The first-order valence-electron chi connectivity index (χ1n) is 20.5. The van der Waals surface area contributed by atoms with Gasteiger partial charge in [-0.2, -0.15) is 5.10 Å². The van der Waals surface area contributed by atoms with Crippen LogP contribution in [-0.4, -0.2) is 62.5 Å². The van der Waals surface area contributed by atoms with Gasteiger partial charge in [0.2, 0.25) is 23.6 Å². The Labute approximate surface area is 373 Å². The zero-order chi connectivity index (χ0) is 45.4. The van der Waals surface area contributed by atoms with Crippen molar-refractivity contribution in [2.75, 3.05) is 28.8 Å². The highest BCUT2D eigenvalue weighted by atomic mass is 35.5. The molecule has 0 radical (unpaired) electrons. The summed E-state index contributed by atoms with van der Waals surface area (Å²) >= 11 is 7.84. The van der Waals surface area contributed by atoms with E-state index in [9.17, 15) is 34.9 Å². The summed E-state index contributed by atoms with van der Waals surface area (Å²) in [6, 6.07) is 20.0. The number of phenols is 1. The average Bonchev–Trinajstić information content (AvgIpc) is 3.93. The van der Waals surface area contributed by atoms with Crippen molar-refractivity contribution in [2.45, 2.75) is 32.6 Å². The first-order valence-corrected chi connectivity index (χ1v) is 21.7. The molecule has 10 rings (SSSR count). The van der Waals surface area contributed by atoms with Crippen LogP contribution in [0.15, 0.2) is 84.4 Å². The molecule has 0 spiro atoms. The molecule has 2 aliphatic heterocycles. The number of hydrogen-bond donors (Lipinski definition) is 1. The van der Waals surface area contributed by atoms with E-state index < -0.39 is 79.9 Å². The highest BCUT2D eigenvalue weighted by molar-refractivity contribution is 7.22. The molecular weight excluding hydrogens is 862 g/mol. The number of anilines is 3. The van der Waals surface area contributed by atoms with Crippen molar-refractivity contribution in [3.63, 3.8) is 0 Å². The summed E-state index contributed by atoms with van der Waals surface area (Å²) in [5, 5.41) is 44.2. The minimum atomic E-state index is -1.52. The standard InChI is InChI=1S/C46H38ClN7O9S/c1-21-28-16-23(47)11-15-35(28)64-41(21)31-20-36(50(5)48-31)52-43(57)30-19-29-26(39(46(30,2)45(52)59)38-25-9-7-6-8-22(25)10-14-34(38)55)12-13-27-37(29)44(58)51(42(27)56)24-17-32(53(60)61)40(49(3)4)33(18-24)54(62)63/h6-12,14-18,20,27,29-30,37,39,55H,13,19H2,1-5H3. The molecule has 2 saturated heterocycles. The summed E-state index contributed by atoms with van der Waals surface area (Å²) in [4.78, 5) is 87.0. The molecule has 2 aliphatic carbocycles. The molecule has 6 unspecified atom stereocenters. The van der Waals surface area contributed by atoms with E-state index in [0.29, 0.717) is 27.2 Å². The Morgan fingerprint density at radius 1 is 0.891 bits per heavy atom. The maximum absolute atomic E-state index is 15.5. The number of imide groups is 2. The molecule has 2 aromatic heterocycles. The number of carbonyl (C=O) groups is 4. The Morgan fingerprint density at radius 3 is 2.28 bits per heavy atom. The van der Waals surface area contributed by atoms with Crippen molar-refractivity contribution in [3.8, 4) is 16.3 Å². The first-order chi connectivity index (χ1) is 30.4. The number of amides is 4. The van der Waals surface area contributed by atoms with Crippen molar-refractivity contribution in [1.29, 1.82) is 0 Å². The number of nitrogens with zero attached hydrogens (tertiary/aromatic N) is 7. The van der Waals surface area contributed by atoms with Gasteiger partial charge >= 0.3 is 11.4 Å². The van der Waals surface area contributed by atoms with E-state index in [1.807, 2.05) is 55.5 Å². The van der Waals surface area contributed by atoms with E-state index in [0.717, 1.165) is 47.8 Å². The molecule has 4 heterocycles. The van der Waals surface area contributed by atoms with E-state index >= 15 is 9.59 Å². The molecule has 18 heteroatoms. The first kappa shape index (κ1) is 41.1. The van der Waals surface area contributed by atoms with E-state index in [4.69, 9.17) is 16.7 Å². The summed E-state index contributed by atoms with van der Waals surface area (Å²) in [7, 11) is 4.48. The van der Waals surface area contributed by atoms with E-state index in [1.165, 1.54) is 35.0 Å². The second-order valence-electron chi connectivity index (χ2n) is 17.3. The Bertz CT molecular complexity index is 3140. The molecule has 0 bridgehead atoms. The maximum Gasteiger partial charge on any atom is 0.301 e. The third kappa shape index (κ3) is 5.62. The molecule has 6 atom stereocenters. The quantitative estimate of drug-likeness (QED) is 0.0697. The second kappa shape index (κ2) is 14.3. The number of thiophene rings is 1. The summed E-state index contributed by atoms with van der Waals surface area (Å²) < 4.78 is 2.48. The summed E-state index contributed by atoms with van der Waals surface area (Å²) in [5.41, 5.74) is -0.987. The fourth-order valence-electron chi connectivity index (χ4n) is 11.1. The van der Waals surface area contributed by atoms with Crippen LogP contribution in [0.25, 0.3) is 31.4 Å². The third-order valence-electron chi connectivity index (χ3n) is 13.9. The number of halogens is 1. The monoisotopic (exact) mass is 899 g/mol. The van der Waals surface area contributed by atoms with Crippen LogP contribution >= 0.6 is 22.9 Å². The zero-order valence-corrected chi connectivity index (χ0v) is 36.5. The van der Waals surface area contributed by atoms with Crippen LogP contribution in [0.4, 0.5) is 28.6 Å². The molecule has 4 amide bonds. The van der Waals surface area contributed by atoms with Crippen molar-refractivity contribution in [2.24, 2.45) is 36.1 Å². The van der Waals surface area contributed by atoms with Gasteiger partial charge in [0.1, 0.15) is 17.3 Å². The molecule has 16 nitrogen and oxygen atoms in total. The van der Waals surface area contributed by atoms with E-state index in [-0.39, 0.29) is 35.8 Å². The van der Waals surface area contributed by atoms with Gasteiger partial charge in [0.25, 0.3) is 0 Å². The predicted molar refractivity (Wildman–Crippen MR) is 241 cm³/mol. The lowest BCUT2D eigenvalue weighted by molar-refractivity contribution is -0.392. The number of carbonyl (C=O) groups excluding carboxylic acids is 4. The number of nitro benzene ring substituents is 2. The minimum Gasteiger partial charge on any atom is -0.508 e. The minimum absolute atomic E-state index is 0.0248. The fraction of sp³-hybridized carbons (Fsp3) is 0.283. The number of rotatable bonds is 7. The average molecular weight is 900 g/mol. The normalized spacial score (nSPS) is 24.0. The van der Waals surface area contributed by atoms with Gasteiger partial charge in [0.05, 0.1) is 43.6 Å². The van der Waals surface area contributed by atoms with Gasteiger partial charge in [-0.1, -0.05) is 53.6 Å². The van der Waals surface area contributed by atoms with E-state index in [1.54, 1.807) is 32.2 Å². The molecule has 6 aromatic rings. The number of hydrogen-bond acceptors (Lipinski definition) is 12. The van der Waals surface area contributed by atoms with Crippen molar-refractivity contribution >= 4 is 96.0 Å². The van der Waals surface area contributed by atoms with Gasteiger partial charge in [0, 0.05) is 60.5 Å². The maximum atomic E-state index is 15.5. The van der Waals surface area contributed by atoms with Crippen molar-refractivity contribution < 1.29 is 34.1 Å². The van der Waals surface area contributed by atoms with Gasteiger partial charge in [-0.3, -0.25) is 44.1 Å². The van der Waals surface area contributed by atoms with Crippen LogP contribution in [0.1, 0.15) is 36.8 Å². The number of aromatic hydroxyl groups is 1. The summed E-state index contributed by atoms with van der Waals surface area (Å²) in [5.74, 6) is -7.31. The lowest BCUT2D eigenvalue weighted by Crippen LogP contribution is -2.49. The molecule has 1 saturated carbocycles. The highest BCUT2D eigenvalue weighted by Crippen LogP contribution is 2.65. The van der Waals surface area contributed by atoms with Gasteiger partial charge in [-0.15, -0.1) is 11.3 Å².